The number of ether oxygens (including phenoxy) is 2. The first-order chi connectivity index (χ1) is 14.9. The fraction of sp³-hybridized carbons (Fsp3) is 0.300. The van der Waals surface area contributed by atoms with Crippen molar-refractivity contribution in [1.29, 1.82) is 0 Å². The molecule has 2 N–H and O–H groups in total. The van der Waals surface area contributed by atoms with E-state index in [1.807, 2.05) is 9.44 Å². The number of carbonyl (C=O) groups excluding carboxylic acids is 2. The largest absolute Gasteiger partial charge is 0.468 e. The summed E-state index contributed by atoms with van der Waals surface area (Å²) in [7, 11) is -6.73. The lowest BCUT2D eigenvalue weighted by molar-refractivity contribution is -0.151. The molecule has 0 radical (unpaired) electrons. The van der Waals surface area contributed by atoms with Crippen LogP contribution in [0.5, 0.6) is 0 Å². The molecule has 0 aliphatic carbocycles. The Morgan fingerprint density at radius 1 is 0.656 bits per heavy atom. The highest BCUT2D eigenvalue weighted by atomic mass is 32.2. The summed E-state index contributed by atoms with van der Waals surface area (Å²) in [6.45, 7) is 3.52. The standard InChI is InChI=1S/C20H24N2O8S2/c1-13-5-9-15(10-6-13)31(25,26)21-17(19(23)29-3)18(20(24)30-4)22-32(27,28)16-11-7-14(2)8-12-16/h5-12,17-18,21-22H,1-4H3/t17-,18+. The van der Waals surface area contributed by atoms with Crippen molar-refractivity contribution < 1.29 is 35.9 Å². The molecular formula is C20H24N2O8S2. The number of carbonyl (C=O) groups is 2. The summed E-state index contributed by atoms with van der Waals surface area (Å²) in [6.07, 6.45) is 0. The van der Waals surface area contributed by atoms with Crippen molar-refractivity contribution in [3.8, 4) is 0 Å². The van der Waals surface area contributed by atoms with E-state index in [1.165, 1.54) is 24.3 Å². The smallest absolute Gasteiger partial charge is 0.326 e. The van der Waals surface area contributed by atoms with Crippen LogP contribution in [0.1, 0.15) is 11.1 Å². The van der Waals surface area contributed by atoms with Crippen molar-refractivity contribution in [2.75, 3.05) is 14.2 Å². The van der Waals surface area contributed by atoms with Gasteiger partial charge in [0.25, 0.3) is 0 Å². The lowest BCUT2D eigenvalue weighted by Gasteiger charge is -2.25. The zero-order chi connectivity index (χ0) is 24.1. The molecule has 0 aliphatic rings. The molecule has 2 aromatic rings. The van der Waals surface area contributed by atoms with E-state index in [-0.39, 0.29) is 9.79 Å². The van der Waals surface area contributed by atoms with E-state index in [0.717, 1.165) is 25.3 Å². The van der Waals surface area contributed by atoms with Gasteiger partial charge in [0.1, 0.15) is 12.1 Å². The van der Waals surface area contributed by atoms with Crippen molar-refractivity contribution in [2.24, 2.45) is 0 Å². The second-order valence-electron chi connectivity index (χ2n) is 6.87. The molecule has 0 fully saturated rings. The van der Waals surface area contributed by atoms with Crippen molar-refractivity contribution in [3.05, 3.63) is 59.7 Å². The van der Waals surface area contributed by atoms with Crippen LogP contribution < -0.4 is 9.44 Å². The summed E-state index contributed by atoms with van der Waals surface area (Å²) in [4.78, 5) is 24.4. The van der Waals surface area contributed by atoms with Gasteiger partial charge in [-0.2, -0.15) is 9.44 Å². The number of hydrogen-bond acceptors (Lipinski definition) is 8. The minimum absolute atomic E-state index is 0.193. The van der Waals surface area contributed by atoms with Gasteiger partial charge < -0.3 is 9.47 Å². The molecule has 0 saturated heterocycles. The van der Waals surface area contributed by atoms with E-state index in [4.69, 9.17) is 0 Å². The van der Waals surface area contributed by atoms with Gasteiger partial charge in [0.05, 0.1) is 24.0 Å². The van der Waals surface area contributed by atoms with Gasteiger partial charge in [0, 0.05) is 0 Å². The van der Waals surface area contributed by atoms with Crippen LogP contribution in [0.3, 0.4) is 0 Å². The van der Waals surface area contributed by atoms with Gasteiger partial charge in [0.2, 0.25) is 20.0 Å². The quantitative estimate of drug-likeness (QED) is 0.494. The second-order valence-corrected chi connectivity index (χ2v) is 10.3. The lowest BCUT2D eigenvalue weighted by atomic mass is 10.1. The Morgan fingerprint density at radius 2 is 0.938 bits per heavy atom. The highest BCUT2D eigenvalue weighted by Gasteiger charge is 2.41. The van der Waals surface area contributed by atoms with E-state index in [1.54, 1.807) is 38.1 Å². The summed E-state index contributed by atoms with van der Waals surface area (Å²) in [5.41, 5.74) is 1.60. The number of sulfonamides is 2. The van der Waals surface area contributed by atoms with Gasteiger partial charge in [-0.15, -0.1) is 0 Å². The maximum atomic E-state index is 12.8. The van der Waals surface area contributed by atoms with Crippen LogP contribution in [0, 0.1) is 13.8 Å². The average Bonchev–Trinajstić information content (AvgIpc) is 2.75. The Kier molecular flexibility index (Phi) is 8.13. The molecule has 12 heteroatoms. The van der Waals surface area contributed by atoms with Crippen LogP contribution in [-0.2, 0) is 39.1 Å². The topological polar surface area (TPSA) is 145 Å². The fourth-order valence-electron chi connectivity index (χ4n) is 2.66. The molecule has 2 atom stereocenters. The summed E-state index contributed by atoms with van der Waals surface area (Å²) < 4.78 is 64.6. The van der Waals surface area contributed by atoms with Gasteiger partial charge in [-0.25, -0.2) is 16.8 Å². The first-order valence-corrected chi connectivity index (χ1v) is 12.2. The Hall–Kier alpha value is -2.80. The van der Waals surface area contributed by atoms with E-state index in [9.17, 15) is 26.4 Å². The van der Waals surface area contributed by atoms with Crippen molar-refractivity contribution >= 4 is 32.0 Å². The van der Waals surface area contributed by atoms with E-state index in [0.29, 0.717) is 0 Å². The Bertz CT molecular complexity index is 1080. The van der Waals surface area contributed by atoms with Crippen molar-refractivity contribution in [2.45, 2.75) is 35.7 Å². The van der Waals surface area contributed by atoms with Gasteiger partial charge in [-0.3, -0.25) is 9.59 Å². The first kappa shape index (κ1) is 25.5. The summed E-state index contributed by atoms with van der Waals surface area (Å²) >= 11 is 0. The molecule has 0 bridgehead atoms. The number of hydrogen-bond donors (Lipinski definition) is 2. The zero-order valence-corrected chi connectivity index (χ0v) is 19.5. The van der Waals surface area contributed by atoms with Gasteiger partial charge >= 0.3 is 11.9 Å². The summed E-state index contributed by atoms with van der Waals surface area (Å²) in [5.74, 6) is -2.38. The molecule has 10 nitrogen and oxygen atoms in total. The van der Waals surface area contributed by atoms with Crippen LogP contribution >= 0.6 is 0 Å². The van der Waals surface area contributed by atoms with Crippen LogP contribution in [0.4, 0.5) is 0 Å². The van der Waals surface area contributed by atoms with Crippen LogP contribution in [0.15, 0.2) is 58.3 Å². The number of benzene rings is 2. The molecule has 174 valence electrons. The molecule has 2 aromatic carbocycles. The van der Waals surface area contributed by atoms with Gasteiger partial charge in [0.15, 0.2) is 0 Å². The Labute approximate surface area is 187 Å². The Morgan fingerprint density at radius 3 is 1.19 bits per heavy atom. The SMILES string of the molecule is COC(=O)[C@@H](NS(=O)(=O)c1ccc(C)cc1)[C@@H](NS(=O)(=O)c1ccc(C)cc1)C(=O)OC. The highest BCUT2D eigenvalue weighted by molar-refractivity contribution is 7.90. The van der Waals surface area contributed by atoms with Gasteiger partial charge in [-0.1, -0.05) is 35.4 Å². The number of aryl methyl sites for hydroxylation is 2. The number of nitrogens with one attached hydrogen (secondary N) is 2. The molecule has 2 rings (SSSR count). The minimum atomic E-state index is -4.34. The first-order valence-electron chi connectivity index (χ1n) is 9.25. The average molecular weight is 485 g/mol. The third-order valence-corrected chi connectivity index (χ3v) is 7.38. The lowest BCUT2D eigenvalue weighted by Crippen LogP contribution is -2.59. The number of rotatable bonds is 9. The predicted molar refractivity (Wildman–Crippen MR) is 115 cm³/mol. The molecule has 0 amide bonds. The maximum Gasteiger partial charge on any atom is 0.326 e. The van der Waals surface area contributed by atoms with E-state index in [2.05, 4.69) is 9.47 Å². The second kappa shape index (κ2) is 10.2. The van der Waals surface area contributed by atoms with E-state index < -0.39 is 44.1 Å². The predicted octanol–water partition coefficient (Wildman–Crippen LogP) is 0.643. The fourth-order valence-corrected chi connectivity index (χ4v) is 5.06. The van der Waals surface area contributed by atoms with Gasteiger partial charge in [-0.05, 0) is 38.1 Å². The number of esters is 2. The molecule has 0 unspecified atom stereocenters. The Balaban J connectivity index is 2.47. The maximum absolute atomic E-state index is 12.8. The summed E-state index contributed by atoms with van der Waals surface area (Å²) in [6, 6.07) is 7.48. The molecule has 32 heavy (non-hydrogen) atoms. The van der Waals surface area contributed by atoms with Crippen LogP contribution in [0.25, 0.3) is 0 Å². The number of methoxy groups -OCH3 is 2. The summed E-state index contributed by atoms with van der Waals surface area (Å²) in [5, 5.41) is 0. The third-order valence-electron chi connectivity index (χ3n) is 4.47. The zero-order valence-electron chi connectivity index (χ0n) is 17.9. The minimum Gasteiger partial charge on any atom is -0.468 e. The van der Waals surface area contributed by atoms with E-state index >= 15 is 0 Å². The monoisotopic (exact) mass is 484 g/mol. The molecule has 0 heterocycles. The third kappa shape index (κ3) is 6.13. The van der Waals surface area contributed by atoms with Crippen LogP contribution in [-0.4, -0.2) is 55.1 Å². The molecule has 0 aliphatic heterocycles. The molecule has 0 spiro atoms. The van der Waals surface area contributed by atoms with Crippen molar-refractivity contribution in [1.82, 2.24) is 9.44 Å². The molecule has 0 saturated carbocycles. The molecule has 0 aromatic heterocycles. The highest BCUT2D eigenvalue weighted by Crippen LogP contribution is 2.15. The van der Waals surface area contributed by atoms with Crippen molar-refractivity contribution in [3.63, 3.8) is 0 Å². The normalized spacial score (nSPS) is 13.8. The molecular weight excluding hydrogens is 460 g/mol. The van der Waals surface area contributed by atoms with Crippen LogP contribution in [0.2, 0.25) is 0 Å².